The number of hydrogen-bond donors (Lipinski definition) is 0. The van der Waals surface area contributed by atoms with Crippen molar-refractivity contribution in [2.45, 2.75) is 6.42 Å². The van der Waals surface area contributed by atoms with E-state index in [9.17, 15) is 4.79 Å². The van der Waals surface area contributed by atoms with Crippen LogP contribution in [-0.2, 0) is 6.42 Å². The number of nitrogens with zero attached hydrogens (tertiary/aromatic N) is 2. The predicted molar refractivity (Wildman–Crippen MR) is 110 cm³/mol. The molecule has 2 heterocycles. The standard InChI is InChI=1S/C22H22N2O5/c1-26-16-5-6-17-14(10-16)9-13-7-8-24(21(13)23-17)22(25)15-11-18(27-2)20(29-4)19(12-15)28-3/h5-6,9-12H,7-8H2,1-4H3. The Kier molecular flexibility index (Phi) is 4.88. The maximum Gasteiger partial charge on any atom is 0.259 e. The van der Waals surface area contributed by atoms with Crippen molar-refractivity contribution in [1.29, 1.82) is 0 Å². The maximum atomic E-state index is 13.3. The summed E-state index contributed by atoms with van der Waals surface area (Å²) in [5.41, 5.74) is 2.30. The highest BCUT2D eigenvalue weighted by molar-refractivity contribution is 6.08. The lowest BCUT2D eigenvalue weighted by atomic mass is 10.1. The van der Waals surface area contributed by atoms with Gasteiger partial charge in [0.1, 0.15) is 11.6 Å². The Morgan fingerprint density at radius 3 is 2.28 bits per heavy atom. The zero-order valence-corrected chi connectivity index (χ0v) is 16.8. The highest BCUT2D eigenvalue weighted by atomic mass is 16.5. The third kappa shape index (κ3) is 3.18. The molecule has 7 heteroatoms. The third-order valence-corrected chi connectivity index (χ3v) is 5.10. The summed E-state index contributed by atoms with van der Waals surface area (Å²) < 4.78 is 21.4. The van der Waals surface area contributed by atoms with E-state index in [1.807, 2.05) is 18.2 Å². The first kappa shape index (κ1) is 18.9. The fraction of sp³-hybridized carbons (Fsp3) is 0.273. The second-order valence-electron chi connectivity index (χ2n) is 6.65. The van der Waals surface area contributed by atoms with E-state index in [-0.39, 0.29) is 5.91 Å². The summed E-state index contributed by atoms with van der Waals surface area (Å²) in [7, 11) is 6.22. The van der Waals surface area contributed by atoms with Crippen LogP contribution in [0.3, 0.4) is 0 Å². The molecule has 1 aliphatic rings. The van der Waals surface area contributed by atoms with E-state index in [2.05, 4.69) is 6.07 Å². The first-order valence-electron chi connectivity index (χ1n) is 9.19. The number of pyridine rings is 1. The molecule has 0 saturated heterocycles. The Bertz CT molecular complexity index is 1070. The summed E-state index contributed by atoms with van der Waals surface area (Å²) in [4.78, 5) is 19.7. The fourth-order valence-corrected chi connectivity index (χ4v) is 3.63. The Labute approximate surface area is 168 Å². The van der Waals surface area contributed by atoms with Crippen LogP contribution in [0.25, 0.3) is 10.9 Å². The van der Waals surface area contributed by atoms with Crippen LogP contribution >= 0.6 is 0 Å². The molecule has 1 aliphatic heterocycles. The number of methoxy groups -OCH3 is 4. The summed E-state index contributed by atoms with van der Waals surface area (Å²) in [6.45, 7) is 0.561. The van der Waals surface area contributed by atoms with Gasteiger partial charge in [0.25, 0.3) is 5.91 Å². The van der Waals surface area contributed by atoms with Crippen molar-refractivity contribution in [3.05, 3.63) is 47.5 Å². The van der Waals surface area contributed by atoms with E-state index >= 15 is 0 Å². The molecule has 0 unspecified atom stereocenters. The van der Waals surface area contributed by atoms with Gasteiger partial charge in [-0.2, -0.15) is 0 Å². The number of carbonyl (C=O) groups excluding carboxylic acids is 1. The molecule has 2 aromatic carbocycles. The van der Waals surface area contributed by atoms with E-state index in [1.165, 1.54) is 21.3 Å². The molecule has 0 atom stereocenters. The van der Waals surface area contributed by atoms with Crippen molar-refractivity contribution < 1.29 is 23.7 Å². The molecule has 0 N–H and O–H groups in total. The lowest BCUT2D eigenvalue weighted by Crippen LogP contribution is -2.29. The smallest absolute Gasteiger partial charge is 0.259 e. The van der Waals surface area contributed by atoms with Gasteiger partial charge in [0.05, 0.1) is 34.0 Å². The van der Waals surface area contributed by atoms with Crippen molar-refractivity contribution in [3.63, 3.8) is 0 Å². The minimum atomic E-state index is -0.164. The van der Waals surface area contributed by atoms with Crippen LogP contribution < -0.4 is 23.8 Å². The number of anilines is 1. The monoisotopic (exact) mass is 394 g/mol. The van der Waals surface area contributed by atoms with Crippen LogP contribution in [-0.4, -0.2) is 45.9 Å². The summed E-state index contributed by atoms with van der Waals surface area (Å²) in [5.74, 6) is 2.63. The van der Waals surface area contributed by atoms with Crippen molar-refractivity contribution in [2.24, 2.45) is 0 Å². The van der Waals surface area contributed by atoms with Gasteiger partial charge in [-0.15, -0.1) is 0 Å². The number of carbonyl (C=O) groups is 1. The highest BCUT2D eigenvalue weighted by Crippen LogP contribution is 2.39. The van der Waals surface area contributed by atoms with Gasteiger partial charge in [-0.3, -0.25) is 9.69 Å². The number of rotatable bonds is 5. The largest absolute Gasteiger partial charge is 0.497 e. The van der Waals surface area contributed by atoms with Gasteiger partial charge < -0.3 is 18.9 Å². The third-order valence-electron chi connectivity index (χ3n) is 5.10. The van der Waals surface area contributed by atoms with Crippen LogP contribution in [0.2, 0.25) is 0 Å². The van der Waals surface area contributed by atoms with E-state index in [4.69, 9.17) is 23.9 Å². The molecule has 0 fully saturated rings. The number of benzene rings is 2. The van der Waals surface area contributed by atoms with Crippen molar-refractivity contribution >= 4 is 22.6 Å². The number of fused-ring (bicyclic) bond motifs is 2. The Morgan fingerprint density at radius 2 is 1.66 bits per heavy atom. The van der Waals surface area contributed by atoms with E-state index in [1.54, 1.807) is 24.1 Å². The molecule has 7 nitrogen and oxygen atoms in total. The summed E-state index contributed by atoms with van der Waals surface area (Å²) in [5, 5.41) is 0.991. The molecule has 1 aromatic heterocycles. The fourth-order valence-electron chi connectivity index (χ4n) is 3.63. The molecule has 3 aromatic rings. The topological polar surface area (TPSA) is 70.1 Å². The van der Waals surface area contributed by atoms with Gasteiger partial charge in [-0.05, 0) is 48.4 Å². The number of aromatic nitrogens is 1. The van der Waals surface area contributed by atoms with Gasteiger partial charge in [0.2, 0.25) is 5.75 Å². The molecule has 0 spiro atoms. The quantitative estimate of drug-likeness (QED) is 0.660. The number of amides is 1. The summed E-state index contributed by atoms with van der Waals surface area (Å²) >= 11 is 0. The van der Waals surface area contributed by atoms with E-state index < -0.39 is 0 Å². The second-order valence-corrected chi connectivity index (χ2v) is 6.65. The molecule has 0 radical (unpaired) electrons. The minimum absolute atomic E-state index is 0.164. The van der Waals surface area contributed by atoms with Gasteiger partial charge in [0.15, 0.2) is 11.5 Å². The number of hydrogen-bond acceptors (Lipinski definition) is 6. The molecule has 0 saturated carbocycles. The Morgan fingerprint density at radius 1 is 0.931 bits per heavy atom. The van der Waals surface area contributed by atoms with Crippen LogP contribution in [0.5, 0.6) is 23.0 Å². The Balaban J connectivity index is 1.74. The normalized spacial score (nSPS) is 12.6. The molecular weight excluding hydrogens is 372 g/mol. The molecule has 4 rings (SSSR count). The first-order chi connectivity index (χ1) is 14.1. The van der Waals surface area contributed by atoms with Crippen LogP contribution in [0.4, 0.5) is 5.82 Å². The average Bonchev–Trinajstić information content (AvgIpc) is 3.17. The van der Waals surface area contributed by atoms with Crippen molar-refractivity contribution in [3.8, 4) is 23.0 Å². The average molecular weight is 394 g/mol. The maximum absolute atomic E-state index is 13.3. The van der Waals surface area contributed by atoms with Crippen LogP contribution in [0.15, 0.2) is 36.4 Å². The van der Waals surface area contributed by atoms with Gasteiger partial charge in [0, 0.05) is 17.5 Å². The molecule has 1 amide bonds. The second kappa shape index (κ2) is 7.50. The van der Waals surface area contributed by atoms with E-state index in [0.717, 1.165) is 28.6 Å². The summed E-state index contributed by atoms with van der Waals surface area (Å²) in [6, 6.07) is 11.1. The zero-order valence-electron chi connectivity index (χ0n) is 16.8. The van der Waals surface area contributed by atoms with E-state index in [0.29, 0.717) is 35.2 Å². The van der Waals surface area contributed by atoms with Crippen LogP contribution in [0.1, 0.15) is 15.9 Å². The van der Waals surface area contributed by atoms with Gasteiger partial charge >= 0.3 is 0 Å². The minimum Gasteiger partial charge on any atom is -0.497 e. The highest BCUT2D eigenvalue weighted by Gasteiger charge is 2.29. The predicted octanol–water partition coefficient (Wildman–Crippen LogP) is 3.47. The molecule has 0 aliphatic carbocycles. The number of ether oxygens (including phenoxy) is 4. The molecular formula is C22H22N2O5. The van der Waals surface area contributed by atoms with Crippen molar-refractivity contribution in [1.82, 2.24) is 4.98 Å². The lowest BCUT2D eigenvalue weighted by molar-refractivity contribution is 0.0988. The molecule has 0 bridgehead atoms. The lowest BCUT2D eigenvalue weighted by Gasteiger charge is -2.19. The summed E-state index contributed by atoms with van der Waals surface area (Å²) in [6.07, 6.45) is 0.742. The molecule has 29 heavy (non-hydrogen) atoms. The molecule has 150 valence electrons. The SMILES string of the molecule is COc1ccc2nc3c(cc2c1)CCN3C(=O)c1cc(OC)c(OC)c(OC)c1. The van der Waals surface area contributed by atoms with Crippen molar-refractivity contribution in [2.75, 3.05) is 39.9 Å². The van der Waals surface area contributed by atoms with Gasteiger partial charge in [-0.25, -0.2) is 4.98 Å². The van der Waals surface area contributed by atoms with Crippen LogP contribution in [0, 0.1) is 0 Å². The Hall–Kier alpha value is -3.48. The van der Waals surface area contributed by atoms with Gasteiger partial charge in [-0.1, -0.05) is 0 Å². The zero-order chi connectivity index (χ0) is 20.5. The first-order valence-corrected chi connectivity index (χ1v) is 9.19.